The molecule has 1 aliphatic rings. The third-order valence-electron chi connectivity index (χ3n) is 4.30. The average Bonchev–Trinajstić information content (AvgIpc) is 2.86. The third kappa shape index (κ3) is 3.27. The van der Waals surface area contributed by atoms with Crippen molar-refractivity contribution in [3.05, 3.63) is 40.1 Å². The molecule has 3 N–H and O–H groups in total. The van der Waals surface area contributed by atoms with Gasteiger partial charge in [-0.05, 0) is 31.9 Å². The van der Waals surface area contributed by atoms with E-state index in [-0.39, 0.29) is 16.7 Å². The lowest BCUT2D eigenvalue weighted by atomic mass is 10.0. The number of piperidine rings is 1. The Balaban J connectivity index is 1.78. The van der Waals surface area contributed by atoms with Gasteiger partial charge >= 0.3 is 0 Å². The van der Waals surface area contributed by atoms with Gasteiger partial charge in [-0.3, -0.25) is 14.8 Å². The van der Waals surface area contributed by atoms with Gasteiger partial charge in [0.1, 0.15) is 11.5 Å². The van der Waals surface area contributed by atoms with E-state index in [4.69, 9.17) is 5.73 Å². The second-order valence-corrected chi connectivity index (χ2v) is 6.23. The van der Waals surface area contributed by atoms with Gasteiger partial charge in [-0.1, -0.05) is 0 Å². The number of hydrogen-bond acceptors (Lipinski definition) is 6. The van der Waals surface area contributed by atoms with Gasteiger partial charge in [0.25, 0.3) is 5.69 Å². The van der Waals surface area contributed by atoms with Crippen molar-refractivity contribution in [2.24, 2.45) is 7.05 Å². The number of nitrogens with one attached hydrogen (secondary N) is 1. The fourth-order valence-corrected chi connectivity index (χ4v) is 3.24. The molecule has 0 spiro atoms. The van der Waals surface area contributed by atoms with Crippen LogP contribution in [0.25, 0.3) is 0 Å². The highest BCUT2D eigenvalue weighted by Crippen LogP contribution is 2.29. The Kier molecular flexibility index (Phi) is 4.28. The molecular weight excluding hydrogens is 308 g/mol. The molecule has 1 aromatic heterocycles. The molecule has 1 atom stereocenters. The molecule has 1 aliphatic heterocycles. The third-order valence-corrected chi connectivity index (χ3v) is 4.30. The molecule has 1 aromatic carbocycles. The fourth-order valence-electron chi connectivity index (χ4n) is 3.24. The van der Waals surface area contributed by atoms with E-state index in [1.54, 1.807) is 12.1 Å². The number of aromatic nitrogens is 2. The Hall–Kier alpha value is -2.77. The van der Waals surface area contributed by atoms with Gasteiger partial charge in [-0.15, -0.1) is 0 Å². The zero-order valence-corrected chi connectivity index (χ0v) is 13.9. The summed E-state index contributed by atoms with van der Waals surface area (Å²) in [5, 5.41) is 18.9. The number of benzene rings is 1. The summed E-state index contributed by atoms with van der Waals surface area (Å²) < 4.78 is 1.88. The lowest BCUT2D eigenvalue weighted by Gasteiger charge is -2.34. The molecule has 0 aliphatic carbocycles. The highest BCUT2D eigenvalue weighted by Gasteiger charge is 2.24. The summed E-state index contributed by atoms with van der Waals surface area (Å²) in [5.74, 6) is 1.07. The smallest absolute Gasteiger partial charge is 0.292 e. The SMILES string of the molecule is Cc1cc(N2CCCC(Nc3cc(N)ccc3[N+](=O)[O-])C2)n(C)n1. The van der Waals surface area contributed by atoms with E-state index in [1.807, 2.05) is 18.7 Å². The molecule has 1 unspecified atom stereocenters. The number of hydrogen-bond donors (Lipinski definition) is 2. The highest BCUT2D eigenvalue weighted by molar-refractivity contribution is 5.67. The number of nitrogen functional groups attached to an aromatic ring is 1. The molecule has 0 bridgehead atoms. The van der Waals surface area contributed by atoms with Crippen molar-refractivity contribution in [1.29, 1.82) is 0 Å². The molecule has 1 saturated heterocycles. The lowest BCUT2D eigenvalue weighted by molar-refractivity contribution is -0.384. The van der Waals surface area contributed by atoms with Crippen molar-refractivity contribution < 1.29 is 4.92 Å². The number of nitrogens with zero attached hydrogens (tertiary/aromatic N) is 4. The van der Waals surface area contributed by atoms with Crippen molar-refractivity contribution in [3.8, 4) is 0 Å². The van der Waals surface area contributed by atoms with Gasteiger partial charge in [0.2, 0.25) is 0 Å². The topological polar surface area (TPSA) is 102 Å². The van der Waals surface area contributed by atoms with E-state index in [1.165, 1.54) is 6.07 Å². The molecule has 0 saturated carbocycles. The maximum atomic E-state index is 11.2. The first kappa shape index (κ1) is 16.1. The summed E-state index contributed by atoms with van der Waals surface area (Å²) in [7, 11) is 1.93. The first-order valence-corrected chi connectivity index (χ1v) is 8.00. The Morgan fingerprint density at radius 2 is 2.21 bits per heavy atom. The van der Waals surface area contributed by atoms with Crippen molar-refractivity contribution in [1.82, 2.24) is 9.78 Å². The summed E-state index contributed by atoms with van der Waals surface area (Å²) in [6.07, 6.45) is 1.97. The van der Waals surface area contributed by atoms with Crippen molar-refractivity contribution >= 4 is 22.9 Å². The molecule has 2 heterocycles. The van der Waals surface area contributed by atoms with E-state index < -0.39 is 0 Å². The number of aryl methyl sites for hydroxylation is 2. The van der Waals surface area contributed by atoms with Crippen LogP contribution in [0, 0.1) is 17.0 Å². The summed E-state index contributed by atoms with van der Waals surface area (Å²) in [5.41, 5.74) is 7.81. The summed E-state index contributed by atoms with van der Waals surface area (Å²) in [6, 6.07) is 6.81. The van der Waals surface area contributed by atoms with Crippen LogP contribution in [0.4, 0.5) is 22.9 Å². The predicted octanol–water partition coefficient (Wildman–Crippen LogP) is 2.30. The summed E-state index contributed by atoms with van der Waals surface area (Å²) >= 11 is 0. The van der Waals surface area contributed by atoms with E-state index in [0.29, 0.717) is 11.4 Å². The zero-order valence-electron chi connectivity index (χ0n) is 13.9. The second kappa shape index (κ2) is 6.38. The number of rotatable bonds is 4. The predicted molar refractivity (Wildman–Crippen MR) is 94.3 cm³/mol. The highest BCUT2D eigenvalue weighted by atomic mass is 16.6. The average molecular weight is 330 g/mol. The van der Waals surface area contributed by atoms with Crippen molar-refractivity contribution in [2.45, 2.75) is 25.8 Å². The van der Waals surface area contributed by atoms with Crippen LogP contribution in [0.5, 0.6) is 0 Å². The van der Waals surface area contributed by atoms with Crippen LogP contribution in [0.15, 0.2) is 24.3 Å². The molecule has 24 heavy (non-hydrogen) atoms. The van der Waals surface area contributed by atoms with E-state index in [2.05, 4.69) is 21.4 Å². The molecule has 8 heteroatoms. The molecule has 2 aromatic rings. The van der Waals surface area contributed by atoms with Crippen LogP contribution in [-0.2, 0) is 7.05 Å². The monoisotopic (exact) mass is 330 g/mol. The van der Waals surface area contributed by atoms with Crippen LogP contribution in [0.3, 0.4) is 0 Å². The maximum absolute atomic E-state index is 11.2. The standard InChI is InChI=1S/C16H22N6O2/c1-11-8-16(20(2)19-11)21-7-3-4-13(10-21)18-14-9-12(17)5-6-15(14)22(23)24/h5-6,8-9,13,18H,3-4,7,10,17H2,1-2H3. The second-order valence-electron chi connectivity index (χ2n) is 6.23. The zero-order chi connectivity index (χ0) is 17.3. The normalized spacial score (nSPS) is 17.8. The molecule has 0 amide bonds. The molecular formula is C16H22N6O2. The minimum Gasteiger partial charge on any atom is -0.399 e. The molecule has 128 valence electrons. The Bertz CT molecular complexity index is 757. The molecule has 3 rings (SSSR count). The minimum atomic E-state index is -0.382. The lowest BCUT2D eigenvalue weighted by Crippen LogP contribution is -2.43. The van der Waals surface area contributed by atoms with Gasteiger partial charge in [0.05, 0.1) is 10.6 Å². The van der Waals surface area contributed by atoms with Crippen LogP contribution in [0.2, 0.25) is 0 Å². The van der Waals surface area contributed by atoms with Crippen LogP contribution in [0.1, 0.15) is 18.5 Å². The Labute approximate surface area is 140 Å². The summed E-state index contributed by atoms with van der Waals surface area (Å²) in [6.45, 7) is 3.69. The van der Waals surface area contributed by atoms with Gasteiger partial charge in [-0.2, -0.15) is 5.10 Å². The molecule has 1 fully saturated rings. The first-order valence-electron chi connectivity index (χ1n) is 8.00. The van der Waals surface area contributed by atoms with Gasteiger partial charge in [0.15, 0.2) is 0 Å². The summed E-state index contributed by atoms with van der Waals surface area (Å²) in [4.78, 5) is 13.1. The van der Waals surface area contributed by atoms with E-state index >= 15 is 0 Å². The Morgan fingerprint density at radius 1 is 1.42 bits per heavy atom. The van der Waals surface area contributed by atoms with Gasteiger partial charge in [-0.25, -0.2) is 0 Å². The number of nitro groups is 1. The number of nitro benzene ring substituents is 1. The van der Waals surface area contributed by atoms with Crippen LogP contribution < -0.4 is 16.0 Å². The fraction of sp³-hybridized carbons (Fsp3) is 0.438. The quantitative estimate of drug-likeness (QED) is 0.506. The van der Waals surface area contributed by atoms with E-state index in [0.717, 1.165) is 37.4 Å². The number of anilines is 3. The van der Waals surface area contributed by atoms with Crippen LogP contribution >= 0.6 is 0 Å². The van der Waals surface area contributed by atoms with E-state index in [9.17, 15) is 10.1 Å². The van der Waals surface area contributed by atoms with Crippen molar-refractivity contribution in [3.63, 3.8) is 0 Å². The largest absolute Gasteiger partial charge is 0.399 e. The first-order chi connectivity index (χ1) is 11.4. The molecule has 8 nitrogen and oxygen atoms in total. The van der Waals surface area contributed by atoms with Gasteiger partial charge in [0, 0.05) is 44.0 Å². The maximum Gasteiger partial charge on any atom is 0.292 e. The minimum absolute atomic E-state index is 0.0534. The van der Waals surface area contributed by atoms with Crippen LogP contribution in [-0.4, -0.2) is 33.8 Å². The number of nitrogens with two attached hydrogens (primary N) is 1. The van der Waals surface area contributed by atoms with Gasteiger partial charge < -0.3 is 16.0 Å². The molecule has 0 radical (unpaired) electrons. The van der Waals surface area contributed by atoms with Crippen molar-refractivity contribution in [2.75, 3.05) is 29.0 Å². The Morgan fingerprint density at radius 3 is 2.88 bits per heavy atom.